The van der Waals surface area contributed by atoms with Gasteiger partial charge in [-0.05, 0) is 22.6 Å². The van der Waals surface area contributed by atoms with Crippen molar-refractivity contribution in [3.05, 3.63) is 0 Å². The van der Waals surface area contributed by atoms with E-state index in [0.29, 0.717) is 6.54 Å². The molecular weight excluding hydrogens is 271 g/mol. The second-order valence-electron chi connectivity index (χ2n) is 2.69. The van der Waals surface area contributed by atoms with Crippen molar-refractivity contribution in [3.8, 4) is 0 Å². The van der Waals surface area contributed by atoms with Gasteiger partial charge in [0.2, 0.25) is 5.91 Å². The first-order valence-corrected chi connectivity index (χ1v) is 5.15. The minimum absolute atomic E-state index is 0.0699. The fraction of sp³-hybridized carbons (Fsp3) is 0.857. The first-order chi connectivity index (χ1) is 5.72. The van der Waals surface area contributed by atoms with E-state index in [1.807, 2.05) is 0 Å². The van der Waals surface area contributed by atoms with Gasteiger partial charge in [0.1, 0.15) is 4.11 Å². The van der Waals surface area contributed by atoms with Crippen molar-refractivity contribution in [1.29, 1.82) is 0 Å². The molecule has 12 heavy (non-hydrogen) atoms. The topological polar surface area (TPSA) is 41.6 Å². The minimum atomic E-state index is 0.0699. The van der Waals surface area contributed by atoms with Crippen LogP contribution >= 0.6 is 22.6 Å². The van der Waals surface area contributed by atoms with E-state index >= 15 is 0 Å². The van der Waals surface area contributed by atoms with Gasteiger partial charge in [-0.15, -0.1) is 0 Å². The van der Waals surface area contributed by atoms with Crippen molar-refractivity contribution in [2.75, 3.05) is 33.3 Å². The number of hydrogen-bond donors (Lipinski definition) is 1. The third kappa shape index (κ3) is 3.24. The first-order valence-electron chi connectivity index (χ1n) is 3.91. The molecule has 1 aliphatic heterocycles. The van der Waals surface area contributed by atoms with Crippen LogP contribution in [0.25, 0.3) is 0 Å². The number of alkyl halides is 1. The molecule has 0 saturated carbocycles. The molecule has 1 unspecified atom stereocenters. The number of carbonyl (C=O) groups excluding carboxylic acids is 1. The van der Waals surface area contributed by atoms with Crippen molar-refractivity contribution in [2.45, 2.75) is 4.11 Å². The molecule has 0 aromatic heterocycles. The third-order valence-electron chi connectivity index (χ3n) is 1.75. The monoisotopic (exact) mass is 284 g/mol. The molecule has 1 amide bonds. The molecule has 4 nitrogen and oxygen atoms in total. The Kier molecular flexibility index (Phi) is 4.24. The Hall–Kier alpha value is 0.120. The van der Waals surface area contributed by atoms with Crippen LogP contribution in [0.2, 0.25) is 0 Å². The number of carbonyl (C=O) groups is 1. The maximum Gasteiger partial charge on any atom is 0.233 e. The Morgan fingerprint density at radius 3 is 3.17 bits per heavy atom. The molecule has 1 heterocycles. The van der Waals surface area contributed by atoms with Crippen molar-refractivity contribution in [3.63, 3.8) is 0 Å². The van der Waals surface area contributed by atoms with Crippen molar-refractivity contribution in [1.82, 2.24) is 10.2 Å². The van der Waals surface area contributed by atoms with E-state index in [2.05, 4.69) is 32.8 Å². The summed E-state index contributed by atoms with van der Waals surface area (Å²) in [6, 6.07) is 0. The average Bonchev–Trinajstić information content (AvgIpc) is 2.04. The van der Waals surface area contributed by atoms with Gasteiger partial charge >= 0.3 is 0 Å². The highest BCUT2D eigenvalue weighted by atomic mass is 127. The van der Waals surface area contributed by atoms with Crippen LogP contribution in [0.1, 0.15) is 0 Å². The summed E-state index contributed by atoms with van der Waals surface area (Å²) >= 11 is 2.24. The van der Waals surface area contributed by atoms with E-state index in [1.165, 1.54) is 0 Å². The zero-order valence-electron chi connectivity index (χ0n) is 7.05. The number of nitrogens with one attached hydrogen (secondary N) is 1. The Labute approximate surface area is 85.8 Å². The maximum absolute atomic E-state index is 11.0. The minimum Gasteiger partial charge on any atom is -0.365 e. The van der Waals surface area contributed by atoms with Crippen LogP contribution in [-0.4, -0.2) is 48.2 Å². The van der Waals surface area contributed by atoms with Crippen LogP contribution < -0.4 is 5.32 Å². The highest BCUT2D eigenvalue weighted by Gasteiger charge is 2.18. The molecule has 1 fully saturated rings. The standard InChI is InChI=1S/C7H13IN2O2/c1-9-7(11)5-10-2-3-12-6(8)4-10/h6H,2-5H2,1H3,(H,9,11). The van der Waals surface area contributed by atoms with Gasteiger partial charge in [0.05, 0.1) is 13.2 Å². The molecule has 1 atom stereocenters. The van der Waals surface area contributed by atoms with E-state index in [1.54, 1.807) is 7.05 Å². The van der Waals surface area contributed by atoms with Crippen LogP contribution in [0, 0.1) is 0 Å². The number of nitrogens with zero attached hydrogens (tertiary/aromatic N) is 1. The molecule has 70 valence electrons. The molecule has 0 aromatic carbocycles. The number of halogens is 1. The molecule has 5 heteroatoms. The van der Waals surface area contributed by atoms with Gasteiger partial charge in [0, 0.05) is 20.1 Å². The molecular formula is C7H13IN2O2. The van der Waals surface area contributed by atoms with E-state index in [9.17, 15) is 4.79 Å². The van der Waals surface area contributed by atoms with E-state index in [0.717, 1.165) is 19.7 Å². The lowest BCUT2D eigenvalue weighted by molar-refractivity contribution is -0.122. The first kappa shape index (κ1) is 10.2. The van der Waals surface area contributed by atoms with E-state index in [-0.39, 0.29) is 10.0 Å². The second kappa shape index (κ2) is 4.98. The summed E-state index contributed by atoms with van der Waals surface area (Å²) in [6.07, 6.45) is 0. The maximum atomic E-state index is 11.0. The Bertz CT molecular complexity index is 165. The third-order valence-corrected chi connectivity index (χ3v) is 2.51. The van der Waals surface area contributed by atoms with E-state index < -0.39 is 0 Å². The highest BCUT2D eigenvalue weighted by molar-refractivity contribution is 14.1. The number of rotatable bonds is 2. The predicted octanol–water partition coefficient (Wildman–Crippen LogP) is -0.174. The Balaban J connectivity index is 2.27. The average molecular weight is 284 g/mol. The number of ether oxygens (including phenoxy) is 1. The lowest BCUT2D eigenvalue weighted by Gasteiger charge is -2.29. The smallest absolute Gasteiger partial charge is 0.233 e. The van der Waals surface area contributed by atoms with E-state index in [4.69, 9.17) is 4.74 Å². The van der Waals surface area contributed by atoms with Gasteiger partial charge in [0.25, 0.3) is 0 Å². The van der Waals surface area contributed by atoms with Crippen molar-refractivity contribution < 1.29 is 9.53 Å². The quantitative estimate of drug-likeness (QED) is 0.565. The summed E-state index contributed by atoms with van der Waals surface area (Å²) in [5, 5.41) is 2.60. The van der Waals surface area contributed by atoms with Crippen molar-refractivity contribution in [2.24, 2.45) is 0 Å². The molecule has 0 aliphatic carbocycles. The lowest BCUT2D eigenvalue weighted by atomic mass is 10.4. The summed E-state index contributed by atoms with van der Waals surface area (Å²) in [6.45, 7) is 2.91. The predicted molar refractivity (Wildman–Crippen MR) is 54.3 cm³/mol. The molecule has 1 rings (SSSR count). The number of morpholine rings is 1. The van der Waals surface area contributed by atoms with Crippen LogP contribution in [-0.2, 0) is 9.53 Å². The van der Waals surface area contributed by atoms with Crippen LogP contribution in [0.5, 0.6) is 0 Å². The van der Waals surface area contributed by atoms with Gasteiger partial charge in [-0.1, -0.05) is 0 Å². The molecule has 0 bridgehead atoms. The zero-order chi connectivity index (χ0) is 8.97. The molecule has 0 spiro atoms. The molecule has 1 N–H and O–H groups in total. The molecule has 0 radical (unpaired) electrons. The SMILES string of the molecule is CNC(=O)CN1CCOC(I)C1. The molecule has 1 saturated heterocycles. The highest BCUT2D eigenvalue weighted by Crippen LogP contribution is 2.10. The Morgan fingerprint density at radius 2 is 2.58 bits per heavy atom. The number of amides is 1. The van der Waals surface area contributed by atoms with Gasteiger partial charge < -0.3 is 10.1 Å². The van der Waals surface area contributed by atoms with Gasteiger partial charge in [0.15, 0.2) is 0 Å². The fourth-order valence-electron chi connectivity index (χ4n) is 1.08. The molecule has 1 aliphatic rings. The number of likely N-dealkylation sites (N-methyl/N-ethyl adjacent to an activating group) is 1. The fourth-order valence-corrected chi connectivity index (χ4v) is 1.89. The van der Waals surface area contributed by atoms with Crippen LogP contribution in [0.15, 0.2) is 0 Å². The lowest BCUT2D eigenvalue weighted by Crippen LogP contribution is -2.44. The Morgan fingerprint density at radius 1 is 1.83 bits per heavy atom. The van der Waals surface area contributed by atoms with Crippen LogP contribution in [0.4, 0.5) is 0 Å². The summed E-state index contributed by atoms with van der Waals surface area (Å²) in [5.41, 5.74) is 0. The summed E-state index contributed by atoms with van der Waals surface area (Å²) in [5.74, 6) is 0.0699. The molecule has 0 aromatic rings. The second-order valence-corrected chi connectivity index (χ2v) is 4.08. The summed E-state index contributed by atoms with van der Waals surface area (Å²) in [4.78, 5) is 13.1. The van der Waals surface area contributed by atoms with Gasteiger partial charge in [-0.2, -0.15) is 0 Å². The van der Waals surface area contributed by atoms with Gasteiger partial charge in [-0.3, -0.25) is 9.69 Å². The number of hydrogen-bond acceptors (Lipinski definition) is 3. The largest absolute Gasteiger partial charge is 0.365 e. The summed E-state index contributed by atoms with van der Waals surface area (Å²) in [7, 11) is 1.66. The van der Waals surface area contributed by atoms with Crippen molar-refractivity contribution >= 4 is 28.5 Å². The zero-order valence-corrected chi connectivity index (χ0v) is 9.20. The normalized spacial score (nSPS) is 25.3. The van der Waals surface area contributed by atoms with Crippen LogP contribution in [0.3, 0.4) is 0 Å². The summed E-state index contributed by atoms with van der Waals surface area (Å²) < 4.78 is 5.56. The van der Waals surface area contributed by atoms with Gasteiger partial charge in [-0.25, -0.2) is 0 Å².